The average Bonchev–Trinajstić information content (AvgIpc) is 2.96. The normalized spacial score (nSPS) is 16.6. The van der Waals surface area contributed by atoms with Gasteiger partial charge in [-0.05, 0) is 30.2 Å². The molecule has 0 fully saturated rings. The number of thioether (sulfide) groups is 1. The van der Waals surface area contributed by atoms with Gasteiger partial charge in [0.15, 0.2) is 0 Å². The van der Waals surface area contributed by atoms with Gasteiger partial charge in [-0.15, -0.1) is 16.9 Å². The summed E-state index contributed by atoms with van der Waals surface area (Å²) in [6, 6.07) is 9.74. The zero-order chi connectivity index (χ0) is 14.7. The zero-order valence-electron chi connectivity index (χ0n) is 11.6. The van der Waals surface area contributed by atoms with E-state index < -0.39 is 6.67 Å². The first-order chi connectivity index (χ1) is 10.3. The summed E-state index contributed by atoms with van der Waals surface area (Å²) in [5.74, 6) is 1.22. The predicted molar refractivity (Wildman–Crippen MR) is 78.8 cm³/mol. The average molecular weight is 306 g/mol. The number of methoxy groups -OCH3 is 1. The molecule has 1 aliphatic heterocycles. The van der Waals surface area contributed by atoms with Crippen LogP contribution < -0.4 is 9.47 Å². The minimum absolute atomic E-state index is 0.0114. The molecule has 0 radical (unpaired) electrons. The van der Waals surface area contributed by atoms with Crippen LogP contribution in [0.3, 0.4) is 0 Å². The maximum atomic E-state index is 12.0. The first-order valence-corrected chi connectivity index (χ1v) is 7.54. The van der Waals surface area contributed by atoms with Gasteiger partial charge in [0.25, 0.3) is 0 Å². The quantitative estimate of drug-likeness (QED) is 0.848. The van der Waals surface area contributed by atoms with Gasteiger partial charge < -0.3 is 9.47 Å². The van der Waals surface area contributed by atoms with Crippen LogP contribution in [0.1, 0.15) is 16.5 Å². The predicted octanol–water partition coefficient (Wildman–Crippen LogP) is 3.22. The summed E-state index contributed by atoms with van der Waals surface area (Å²) in [7, 11) is 1.67. The lowest BCUT2D eigenvalue weighted by Gasteiger charge is -2.07. The number of hydrogen-bond acceptors (Lipinski definition) is 5. The van der Waals surface area contributed by atoms with Gasteiger partial charge in [-0.3, -0.25) is 0 Å². The van der Waals surface area contributed by atoms with Crippen LogP contribution in [0.5, 0.6) is 11.6 Å². The molecule has 21 heavy (non-hydrogen) atoms. The van der Waals surface area contributed by atoms with Crippen LogP contribution in [-0.2, 0) is 6.42 Å². The fourth-order valence-corrected chi connectivity index (χ4v) is 3.52. The minimum Gasteiger partial charge on any atom is -0.497 e. The molecule has 0 saturated heterocycles. The monoisotopic (exact) mass is 306 g/mol. The Morgan fingerprint density at radius 2 is 2.19 bits per heavy atom. The Labute approximate surface area is 126 Å². The molecule has 0 aliphatic carbocycles. The van der Waals surface area contributed by atoms with Crippen molar-refractivity contribution in [2.24, 2.45) is 0 Å². The van der Waals surface area contributed by atoms with E-state index in [1.165, 1.54) is 10.5 Å². The van der Waals surface area contributed by atoms with E-state index in [1.54, 1.807) is 24.9 Å². The molecule has 0 spiro atoms. The van der Waals surface area contributed by atoms with Crippen molar-refractivity contribution >= 4 is 11.8 Å². The van der Waals surface area contributed by atoms with Crippen LogP contribution in [0.2, 0.25) is 0 Å². The number of fused-ring (bicyclic) bond motifs is 1. The molecule has 0 saturated carbocycles. The van der Waals surface area contributed by atoms with Gasteiger partial charge in [-0.25, -0.2) is 4.39 Å². The van der Waals surface area contributed by atoms with Crippen LogP contribution in [0.15, 0.2) is 35.2 Å². The van der Waals surface area contributed by atoms with Gasteiger partial charge in [-0.2, -0.15) is 5.10 Å². The molecule has 1 aromatic heterocycles. The van der Waals surface area contributed by atoms with E-state index in [1.807, 2.05) is 18.2 Å². The van der Waals surface area contributed by atoms with E-state index in [-0.39, 0.29) is 11.9 Å². The summed E-state index contributed by atoms with van der Waals surface area (Å²) in [5.41, 5.74) is 2.20. The molecule has 1 unspecified atom stereocenters. The van der Waals surface area contributed by atoms with Crippen molar-refractivity contribution in [3.63, 3.8) is 0 Å². The Balaban J connectivity index is 1.71. The molecule has 1 aromatic carbocycles. The smallest absolute Gasteiger partial charge is 0.233 e. The lowest BCUT2D eigenvalue weighted by atomic mass is 10.1. The maximum absolute atomic E-state index is 12.0. The first kappa shape index (κ1) is 14.1. The summed E-state index contributed by atoms with van der Waals surface area (Å²) in [6.07, 6.45) is 0.920. The minimum atomic E-state index is -0.529. The fourth-order valence-electron chi connectivity index (χ4n) is 2.22. The van der Waals surface area contributed by atoms with Gasteiger partial charge in [0.1, 0.15) is 19.0 Å². The Kier molecular flexibility index (Phi) is 4.24. The topological polar surface area (TPSA) is 44.2 Å². The van der Waals surface area contributed by atoms with Gasteiger partial charge in [0.2, 0.25) is 5.88 Å². The second kappa shape index (κ2) is 6.30. The molecule has 1 aliphatic rings. The highest BCUT2D eigenvalue weighted by atomic mass is 32.2. The van der Waals surface area contributed by atoms with Crippen LogP contribution in [0.25, 0.3) is 0 Å². The maximum Gasteiger partial charge on any atom is 0.233 e. The molecule has 0 amide bonds. The third-order valence-corrected chi connectivity index (χ3v) is 4.59. The summed E-state index contributed by atoms with van der Waals surface area (Å²) >= 11 is 1.76. The van der Waals surface area contributed by atoms with Crippen molar-refractivity contribution in [2.45, 2.75) is 16.6 Å². The molecule has 0 N–H and O–H groups in total. The lowest BCUT2D eigenvalue weighted by Crippen LogP contribution is -2.03. The van der Waals surface area contributed by atoms with Crippen LogP contribution >= 0.6 is 11.8 Å². The van der Waals surface area contributed by atoms with Crippen LogP contribution in [0.4, 0.5) is 4.39 Å². The summed E-state index contributed by atoms with van der Waals surface area (Å²) < 4.78 is 22.4. The fraction of sp³-hybridized carbons (Fsp3) is 0.333. The second-order valence-corrected chi connectivity index (χ2v) is 5.86. The van der Waals surface area contributed by atoms with Gasteiger partial charge >= 0.3 is 0 Å². The number of hydrogen-bond donors (Lipinski definition) is 0. The standard InChI is InChI=1S/C15H15FN2O2S/c1-19-11-3-2-10-8-14(21-13(10)9-11)12-4-5-15(18-17-12)20-7-6-16/h2-5,9,14H,6-8H2,1H3. The number of rotatable bonds is 5. The van der Waals surface area contributed by atoms with E-state index in [2.05, 4.69) is 16.3 Å². The molecule has 110 valence electrons. The number of aromatic nitrogens is 2. The van der Waals surface area contributed by atoms with E-state index in [9.17, 15) is 4.39 Å². The van der Waals surface area contributed by atoms with Crippen molar-refractivity contribution in [1.29, 1.82) is 0 Å². The van der Waals surface area contributed by atoms with Crippen molar-refractivity contribution in [1.82, 2.24) is 10.2 Å². The summed E-state index contributed by atoms with van der Waals surface area (Å²) in [4.78, 5) is 1.22. The number of alkyl halides is 1. The molecule has 2 aromatic rings. The SMILES string of the molecule is COc1ccc2c(c1)SC(c1ccc(OCCF)nn1)C2. The third kappa shape index (κ3) is 3.10. The molecule has 0 bridgehead atoms. The molecular formula is C15H15FN2O2S. The molecule has 4 nitrogen and oxygen atoms in total. The second-order valence-electron chi connectivity index (χ2n) is 4.62. The number of benzene rings is 1. The van der Waals surface area contributed by atoms with Crippen LogP contribution in [-0.4, -0.2) is 30.6 Å². The third-order valence-electron chi connectivity index (χ3n) is 3.27. The number of halogens is 1. The van der Waals surface area contributed by atoms with Crippen molar-refractivity contribution in [3.05, 3.63) is 41.6 Å². The Morgan fingerprint density at radius 3 is 2.90 bits per heavy atom. The Hall–Kier alpha value is -1.82. The van der Waals surface area contributed by atoms with Crippen molar-refractivity contribution in [3.8, 4) is 11.6 Å². The van der Waals surface area contributed by atoms with E-state index in [0.717, 1.165) is 17.9 Å². The van der Waals surface area contributed by atoms with E-state index in [4.69, 9.17) is 9.47 Å². The first-order valence-electron chi connectivity index (χ1n) is 6.66. The van der Waals surface area contributed by atoms with E-state index >= 15 is 0 Å². The van der Waals surface area contributed by atoms with Crippen molar-refractivity contribution in [2.75, 3.05) is 20.4 Å². The number of nitrogens with zero attached hydrogens (tertiary/aromatic N) is 2. The highest BCUT2D eigenvalue weighted by Gasteiger charge is 2.25. The molecule has 2 heterocycles. The van der Waals surface area contributed by atoms with Gasteiger partial charge in [0, 0.05) is 11.0 Å². The molecular weight excluding hydrogens is 291 g/mol. The summed E-state index contributed by atoms with van der Waals surface area (Å²) in [6.45, 7) is -0.517. The van der Waals surface area contributed by atoms with Gasteiger partial charge in [-0.1, -0.05) is 6.07 Å². The van der Waals surface area contributed by atoms with E-state index in [0.29, 0.717) is 5.88 Å². The largest absolute Gasteiger partial charge is 0.497 e. The highest BCUT2D eigenvalue weighted by molar-refractivity contribution is 7.99. The zero-order valence-corrected chi connectivity index (χ0v) is 12.4. The van der Waals surface area contributed by atoms with Crippen molar-refractivity contribution < 1.29 is 13.9 Å². The molecule has 3 rings (SSSR count). The molecule has 1 atom stereocenters. The summed E-state index contributed by atoms with van der Waals surface area (Å²) in [5, 5.41) is 8.42. The Morgan fingerprint density at radius 1 is 1.29 bits per heavy atom. The van der Waals surface area contributed by atoms with Crippen LogP contribution in [0, 0.1) is 0 Å². The molecule has 6 heteroatoms. The number of ether oxygens (including phenoxy) is 2. The Bertz CT molecular complexity index is 622. The van der Waals surface area contributed by atoms with Gasteiger partial charge in [0.05, 0.1) is 18.1 Å². The highest BCUT2D eigenvalue weighted by Crippen LogP contribution is 2.46. The lowest BCUT2D eigenvalue weighted by molar-refractivity contribution is 0.261.